The molecule has 10 heteroatoms. The van der Waals surface area contributed by atoms with Crippen molar-refractivity contribution in [1.29, 1.82) is 0 Å². The van der Waals surface area contributed by atoms with Crippen molar-refractivity contribution in [2.45, 2.75) is 25.9 Å². The fourth-order valence-electron chi connectivity index (χ4n) is 4.27. The summed E-state index contributed by atoms with van der Waals surface area (Å²) in [5, 5.41) is 8.74. The van der Waals surface area contributed by atoms with Gasteiger partial charge in [0.2, 0.25) is 0 Å². The molecule has 2 aromatic heterocycles. The molecule has 0 spiro atoms. The molecular formula is C25H22FN5O4. The maximum atomic E-state index is 13.6. The van der Waals surface area contributed by atoms with E-state index in [4.69, 9.17) is 4.74 Å². The van der Waals surface area contributed by atoms with Gasteiger partial charge in [0.05, 0.1) is 24.0 Å². The van der Waals surface area contributed by atoms with E-state index in [2.05, 4.69) is 15.3 Å². The zero-order chi connectivity index (χ0) is 24.5. The molecule has 0 radical (unpaired) electrons. The zero-order valence-electron chi connectivity index (χ0n) is 18.9. The monoisotopic (exact) mass is 475 g/mol. The number of carbonyl (C=O) groups is 2. The number of amides is 1. The van der Waals surface area contributed by atoms with E-state index in [-0.39, 0.29) is 29.1 Å². The van der Waals surface area contributed by atoms with E-state index in [0.29, 0.717) is 40.9 Å². The quantitative estimate of drug-likeness (QED) is 0.454. The highest BCUT2D eigenvalue weighted by Gasteiger charge is 2.26. The maximum Gasteiger partial charge on any atom is 0.302 e. The second kappa shape index (κ2) is 9.13. The second-order valence-corrected chi connectivity index (χ2v) is 8.46. The molecule has 1 atom stereocenters. The Bertz CT molecular complexity index is 1480. The number of nitrogens with zero attached hydrogens (tertiary/aromatic N) is 4. The normalized spacial score (nSPS) is 15.8. The average molecular weight is 475 g/mol. The Kier molecular flexibility index (Phi) is 5.86. The molecule has 1 aliphatic heterocycles. The first-order chi connectivity index (χ1) is 16.9. The van der Waals surface area contributed by atoms with Crippen molar-refractivity contribution in [2.75, 3.05) is 13.1 Å². The Labute approximate surface area is 199 Å². The van der Waals surface area contributed by atoms with Crippen molar-refractivity contribution >= 4 is 22.8 Å². The van der Waals surface area contributed by atoms with Gasteiger partial charge in [-0.3, -0.25) is 14.4 Å². The summed E-state index contributed by atoms with van der Waals surface area (Å²) in [6, 6.07) is 12.6. The van der Waals surface area contributed by atoms with Gasteiger partial charge >= 0.3 is 5.97 Å². The van der Waals surface area contributed by atoms with E-state index in [1.165, 1.54) is 29.8 Å². The minimum absolute atomic E-state index is 0.136. The number of hydrogen-bond donors (Lipinski definition) is 1. The molecule has 2 aromatic carbocycles. The number of piperidine rings is 1. The lowest BCUT2D eigenvalue weighted by Gasteiger charge is -2.32. The molecule has 1 aliphatic rings. The number of pyridine rings is 1. The number of nitrogens with one attached hydrogen (secondary N) is 1. The summed E-state index contributed by atoms with van der Waals surface area (Å²) in [5.41, 5.74) is 1.94. The van der Waals surface area contributed by atoms with Crippen LogP contribution < -0.4 is 5.56 Å². The van der Waals surface area contributed by atoms with Crippen LogP contribution >= 0.6 is 0 Å². The van der Waals surface area contributed by atoms with Crippen molar-refractivity contribution in [3.05, 3.63) is 76.5 Å². The summed E-state index contributed by atoms with van der Waals surface area (Å²) >= 11 is 0. The third-order valence-electron chi connectivity index (χ3n) is 5.95. The molecule has 3 heterocycles. The van der Waals surface area contributed by atoms with Crippen LogP contribution in [0.3, 0.4) is 0 Å². The Balaban J connectivity index is 1.35. The molecule has 1 amide bonds. The predicted molar refractivity (Wildman–Crippen MR) is 126 cm³/mol. The average Bonchev–Trinajstić information content (AvgIpc) is 3.33. The number of esters is 1. The molecule has 9 nitrogen and oxygen atoms in total. The van der Waals surface area contributed by atoms with Gasteiger partial charge < -0.3 is 14.6 Å². The van der Waals surface area contributed by atoms with Crippen LogP contribution in [0.5, 0.6) is 0 Å². The second-order valence-electron chi connectivity index (χ2n) is 8.46. The van der Waals surface area contributed by atoms with Gasteiger partial charge in [-0.15, -0.1) is 5.10 Å². The fraction of sp³-hybridized carbons (Fsp3) is 0.240. The minimum Gasteiger partial charge on any atom is -0.461 e. The highest BCUT2D eigenvalue weighted by Crippen LogP contribution is 2.21. The highest BCUT2D eigenvalue weighted by molar-refractivity contribution is 5.94. The van der Waals surface area contributed by atoms with Crippen LogP contribution in [0, 0.1) is 5.82 Å². The fourth-order valence-corrected chi connectivity index (χ4v) is 4.27. The standard InChI is InChI=1S/C25H22FN5O4/c1-15(32)35-20-3-2-10-30(13-20)25(34)16-4-7-19(8-5-16)31-14-23(28-29-31)21-12-17-11-18(26)6-9-22(17)27-24(21)33/h4-9,11-12,14,20H,2-3,10,13H2,1H3,(H,27,33). The van der Waals surface area contributed by atoms with Gasteiger partial charge in [-0.2, -0.15) is 0 Å². The Morgan fingerprint density at radius 1 is 1.14 bits per heavy atom. The van der Waals surface area contributed by atoms with Crippen molar-refractivity contribution in [3.8, 4) is 16.9 Å². The lowest BCUT2D eigenvalue weighted by atomic mass is 10.1. The minimum atomic E-state index is -0.403. The van der Waals surface area contributed by atoms with Gasteiger partial charge in [0.1, 0.15) is 17.6 Å². The van der Waals surface area contributed by atoms with Crippen LogP contribution in [0.15, 0.2) is 59.5 Å². The molecule has 5 rings (SSSR count). The van der Waals surface area contributed by atoms with Crippen molar-refractivity contribution in [1.82, 2.24) is 24.9 Å². The summed E-state index contributed by atoms with van der Waals surface area (Å²) in [7, 11) is 0. The third kappa shape index (κ3) is 4.68. The lowest BCUT2D eigenvalue weighted by Crippen LogP contribution is -2.43. The summed E-state index contributed by atoms with van der Waals surface area (Å²) in [5.74, 6) is -0.887. The summed E-state index contributed by atoms with van der Waals surface area (Å²) in [6.07, 6.45) is 2.82. The molecule has 1 N–H and O–H groups in total. The number of hydrogen-bond acceptors (Lipinski definition) is 6. The summed E-state index contributed by atoms with van der Waals surface area (Å²) in [4.78, 5) is 41.1. The van der Waals surface area contributed by atoms with E-state index >= 15 is 0 Å². The van der Waals surface area contributed by atoms with E-state index in [0.717, 1.165) is 12.8 Å². The van der Waals surface area contributed by atoms with Gasteiger partial charge in [-0.05, 0) is 61.4 Å². The molecule has 0 saturated carbocycles. The number of benzene rings is 2. The molecule has 0 aliphatic carbocycles. The van der Waals surface area contributed by atoms with Gasteiger partial charge in [0, 0.05) is 29.9 Å². The van der Waals surface area contributed by atoms with E-state index < -0.39 is 5.82 Å². The molecule has 0 bridgehead atoms. The number of carbonyl (C=O) groups excluding carboxylic acids is 2. The van der Waals surface area contributed by atoms with Crippen LogP contribution in [-0.4, -0.2) is 55.9 Å². The Morgan fingerprint density at radius 3 is 2.71 bits per heavy atom. The van der Waals surface area contributed by atoms with E-state index in [9.17, 15) is 18.8 Å². The summed E-state index contributed by atoms with van der Waals surface area (Å²) < 4.78 is 20.4. The number of H-pyrrole nitrogens is 1. The van der Waals surface area contributed by atoms with Crippen molar-refractivity contribution in [2.24, 2.45) is 0 Å². The first-order valence-corrected chi connectivity index (χ1v) is 11.2. The third-order valence-corrected chi connectivity index (χ3v) is 5.95. The largest absolute Gasteiger partial charge is 0.461 e. The van der Waals surface area contributed by atoms with Gasteiger partial charge in [0.25, 0.3) is 11.5 Å². The highest BCUT2D eigenvalue weighted by atomic mass is 19.1. The van der Waals surface area contributed by atoms with Crippen LogP contribution in [-0.2, 0) is 9.53 Å². The predicted octanol–water partition coefficient (Wildman–Crippen LogP) is 3.08. The smallest absolute Gasteiger partial charge is 0.302 e. The maximum absolute atomic E-state index is 13.6. The molecule has 1 unspecified atom stereocenters. The van der Waals surface area contributed by atoms with Gasteiger partial charge in [0.15, 0.2) is 0 Å². The number of aromatic amines is 1. The van der Waals surface area contributed by atoms with Crippen LogP contribution in [0.1, 0.15) is 30.1 Å². The van der Waals surface area contributed by atoms with Gasteiger partial charge in [-0.1, -0.05) is 5.21 Å². The number of aromatic nitrogens is 4. The molecule has 1 fully saturated rings. The number of likely N-dealkylation sites (tertiary alicyclic amines) is 1. The molecule has 4 aromatic rings. The van der Waals surface area contributed by atoms with Crippen LogP contribution in [0.4, 0.5) is 4.39 Å². The number of ether oxygens (including phenoxy) is 1. The first-order valence-electron chi connectivity index (χ1n) is 11.2. The van der Waals surface area contributed by atoms with Crippen LogP contribution in [0.2, 0.25) is 0 Å². The zero-order valence-corrected chi connectivity index (χ0v) is 18.9. The van der Waals surface area contributed by atoms with Crippen molar-refractivity contribution in [3.63, 3.8) is 0 Å². The SMILES string of the molecule is CC(=O)OC1CCCN(C(=O)c2ccc(-n3cc(-c4cc5cc(F)ccc5[nH]c4=O)nn3)cc2)C1. The van der Waals surface area contributed by atoms with Crippen LogP contribution in [0.25, 0.3) is 27.8 Å². The lowest BCUT2D eigenvalue weighted by molar-refractivity contribution is -0.148. The number of halogens is 1. The topological polar surface area (TPSA) is 110 Å². The molecular weight excluding hydrogens is 453 g/mol. The molecule has 1 saturated heterocycles. The first kappa shape index (κ1) is 22.5. The molecule has 35 heavy (non-hydrogen) atoms. The number of rotatable bonds is 4. The number of fused-ring (bicyclic) bond motifs is 1. The van der Waals surface area contributed by atoms with Gasteiger partial charge in [-0.25, -0.2) is 9.07 Å². The Morgan fingerprint density at radius 2 is 1.94 bits per heavy atom. The Hall–Kier alpha value is -4.34. The summed E-state index contributed by atoms with van der Waals surface area (Å²) in [6.45, 7) is 2.34. The van der Waals surface area contributed by atoms with E-state index in [1.807, 2.05) is 0 Å². The molecule has 178 valence electrons. The van der Waals surface area contributed by atoms with E-state index in [1.54, 1.807) is 41.4 Å². The van der Waals surface area contributed by atoms with Crippen molar-refractivity contribution < 1.29 is 18.7 Å².